The molecule has 0 bridgehead atoms. The van der Waals surface area contributed by atoms with Crippen LogP contribution in [0.5, 0.6) is 0 Å². The second kappa shape index (κ2) is 508. The molecule has 5 heteroatoms. The van der Waals surface area contributed by atoms with Crippen LogP contribution in [-0.2, 0) is 14.2 Å². The Hall–Kier alpha value is 0.580. The van der Waals surface area contributed by atoms with E-state index in [-0.39, 0.29) is 0 Å². The van der Waals surface area contributed by atoms with Crippen molar-refractivity contribution in [1.82, 2.24) is 0 Å². The van der Waals surface area contributed by atoms with Crippen LogP contribution in [0.15, 0.2) is 0 Å². The average molecular weight is 944 g/mol. The summed E-state index contributed by atoms with van der Waals surface area (Å²) in [5, 5.41) is 1.60. The van der Waals surface area contributed by atoms with Crippen molar-refractivity contribution in [1.29, 1.82) is 0 Å². The van der Waals surface area contributed by atoms with Crippen molar-refractivity contribution in [3.63, 3.8) is 0 Å². The molecule has 0 saturated heterocycles. The SMILES string of the molecule is CC.CC.CC.CC.CC.CC.CC.CC.CC.CC.CC.CC.CC.CC.CC.CC.CC.CC.COC(C)C.COC(C)C.COC(C)C.CSC(C)C.CSC(C)C. The van der Waals surface area contributed by atoms with Gasteiger partial charge in [0.25, 0.3) is 0 Å². The van der Waals surface area contributed by atoms with Gasteiger partial charge in [-0.25, -0.2) is 0 Å². The summed E-state index contributed by atoms with van der Waals surface area (Å²) < 4.78 is 14.2. The smallest absolute Gasteiger partial charge is 0.0515 e. The molecule has 0 aliphatic rings. The largest absolute Gasteiger partial charge is 0.382 e. The first-order chi connectivity index (χ1) is 29.4. The molecule has 0 aromatic carbocycles. The molecule has 412 valence electrons. The molecule has 0 aliphatic carbocycles. The molecule has 0 heterocycles. The Kier molecular flexibility index (Phi) is 1260. The van der Waals surface area contributed by atoms with Gasteiger partial charge in [-0.1, -0.05) is 277 Å². The van der Waals surface area contributed by atoms with E-state index in [0.717, 1.165) is 10.5 Å². The van der Waals surface area contributed by atoms with Crippen LogP contribution < -0.4 is 0 Å². The molecule has 0 aliphatic heterocycles. The third kappa shape index (κ3) is 1860. The molecule has 0 spiro atoms. The van der Waals surface area contributed by atoms with Gasteiger partial charge < -0.3 is 14.2 Å². The van der Waals surface area contributed by atoms with E-state index in [9.17, 15) is 0 Å². The van der Waals surface area contributed by atoms with Crippen molar-refractivity contribution in [2.24, 2.45) is 0 Å². The summed E-state index contributed by atoms with van der Waals surface area (Å²) in [6.07, 6.45) is 5.38. The highest BCUT2D eigenvalue weighted by Crippen LogP contribution is 2.00. The quantitative estimate of drug-likeness (QED) is 0.274. The van der Waals surface area contributed by atoms with Gasteiger partial charge in [0, 0.05) is 21.3 Å². The van der Waals surface area contributed by atoms with Gasteiger partial charge in [0.1, 0.15) is 0 Å². The van der Waals surface area contributed by atoms with E-state index in [1.807, 2.05) is 314 Å². The van der Waals surface area contributed by atoms with Gasteiger partial charge in [-0.05, 0) is 64.6 Å². The van der Waals surface area contributed by atoms with Crippen molar-refractivity contribution >= 4 is 23.5 Å². The molecule has 61 heavy (non-hydrogen) atoms. The minimum absolute atomic E-state index is 0.384. The minimum atomic E-state index is 0.384. The summed E-state index contributed by atoms with van der Waals surface area (Å²) >= 11 is 3.76. The van der Waals surface area contributed by atoms with Crippen LogP contribution in [-0.4, -0.2) is 62.7 Å². The van der Waals surface area contributed by atoms with E-state index in [2.05, 4.69) is 40.2 Å². The minimum Gasteiger partial charge on any atom is -0.382 e. The predicted molar refractivity (Wildman–Crippen MR) is 328 cm³/mol. The van der Waals surface area contributed by atoms with Gasteiger partial charge in [0.05, 0.1) is 18.3 Å². The predicted octanol–water partition coefficient (Wildman–Crippen LogP) is 25.1. The summed E-state index contributed by atoms with van der Waals surface area (Å²) in [5.74, 6) is 0. The second-order valence-electron chi connectivity index (χ2n) is 6.42. The number of rotatable bonds is 5. The molecule has 0 atom stereocenters. The Morgan fingerprint density at radius 2 is 0.230 bits per heavy atom. The fourth-order valence-corrected chi connectivity index (χ4v) is 0. The van der Waals surface area contributed by atoms with E-state index in [4.69, 9.17) is 14.2 Å². The highest BCUT2D eigenvalue weighted by Gasteiger charge is 1.81. The molecule has 0 aromatic heterocycles. The first-order valence-electron chi connectivity index (χ1n) is 27.0. The molecule has 0 unspecified atom stereocenters. The van der Waals surface area contributed by atoms with Crippen molar-refractivity contribution in [3.05, 3.63) is 0 Å². The van der Waals surface area contributed by atoms with E-state index >= 15 is 0 Å². The lowest BCUT2D eigenvalue weighted by molar-refractivity contribution is 0.134. The molecule has 0 rings (SSSR count). The van der Waals surface area contributed by atoms with E-state index < -0.39 is 0 Å². The number of hydrogen-bond donors (Lipinski definition) is 0. The Bertz CT molecular complexity index is 146. The summed E-state index contributed by atoms with van der Waals surface area (Å²) in [4.78, 5) is 0. The third-order valence-corrected chi connectivity index (χ3v) is 4.24. The molecule has 0 aromatic rings. The average Bonchev–Trinajstić information content (AvgIpc) is 3.40. The zero-order valence-electron chi connectivity index (χ0n) is 55.9. The highest BCUT2D eigenvalue weighted by atomic mass is 32.2. The standard InChI is InChI=1S/3C4H10O.2C4H10S.18C2H6/c5*1-4(2)5-3;18*1-2/h5*4H,1-3H3;18*1-2H3. The highest BCUT2D eigenvalue weighted by molar-refractivity contribution is 7.99. The lowest BCUT2D eigenvalue weighted by atomic mass is 10.5. The maximum atomic E-state index is 4.75. The van der Waals surface area contributed by atoms with E-state index in [0.29, 0.717) is 18.3 Å². The Labute approximate surface area is 417 Å². The number of hydrogen-bond acceptors (Lipinski definition) is 5. The monoisotopic (exact) mass is 943 g/mol. The summed E-state index contributed by atoms with van der Waals surface area (Å²) in [6, 6.07) is 0. The van der Waals surface area contributed by atoms with Gasteiger partial charge in [-0.15, -0.1) is 0 Å². The van der Waals surface area contributed by atoms with Crippen LogP contribution in [0.25, 0.3) is 0 Å². The van der Waals surface area contributed by atoms with Crippen LogP contribution in [0.2, 0.25) is 0 Å². The van der Waals surface area contributed by atoms with Gasteiger partial charge in [0.15, 0.2) is 0 Å². The fourth-order valence-electron chi connectivity index (χ4n) is 0. The normalized spacial score (nSPS) is 5.70. The second-order valence-corrected chi connectivity index (χ2v) is 9.25. The third-order valence-electron chi connectivity index (χ3n) is 2.36. The lowest BCUT2D eigenvalue weighted by Gasteiger charge is -1.94. The van der Waals surface area contributed by atoms with Gasteiger partial charge in [0.2, 0.25) is 0 Å². The first-order valence-corrected chi connectivity index (χ1v) is 29.6. The van der Waals surface area contributed by atoms with Crippen LogP contribution in [0, 0.1) is 0 Å². The van der Waals surface area contributed by atoms with Crippen LogP contribution in [0.4, 0.5) is 0 Å². The zero-order chi connectivity index (χ0) is 57.4. The van der Waals surface area contributed by atoms with Crippen LogP contribution >= 0.6 is 23.5 Å². The molecular formula is C56H158O3S2. The molecule has 0 fully saturated rings. The lowest BCUT2D eigenvalue weighted by Crippen LogP contribution is -1.94. The summed E-state index contributed by atoms with van der Waals surface area (Å²) in [6.45, 7) is 92.7. The topological polar surface area (TPSA) is 27.7 Å². The fraction of sp³-hybridized carbons (Fsp3) is 1.00. The van der Waals surface area contributed by atoms with Gasteiger partial charge >= 0.3 is 0 Å². The van der Waals surface area contributed by atoms with Crippen molar-refractivity contribution in [2.75, 3.05) is 33.8 Å². The zero-order valence-corrected chi connectivity index (χ0v) is 57.6. The van der Waals surface area contributed by atoms with Crippen molar-refractivity contribution in [2.45, 2.75) is 347 Å². The molecule has 0 saturated carbocycles. The number of methoxy groups -OCH3 is 3. The van der Waals surface area contributed by atoms with Crippen molar-refractivity contribution in [3.8, 4) is 0 Å². The Morgan fingerprint density at radius 1 is 0.197 bits per heavy atom. The first kappa shape index (κ1) is 152. The van der Waals surface area contributed by atoms with Gasteiger partial charge in [-0.2, -0.15) is 23.5 Å². The van der Waals surface area contributed by atoms with Crippen LogP contribution in [0.1, 0.15) is 318 Å². The summed E-state index contributed by atoms with van der Waals surface area (Å²) in [5.41, 5.74) is 0. The number of ether oxygens (including phenoxy) is 3. The molecule has 3 nitrogen and oxygen atoms in total. The van der Waals surface area contributed by atoms with Crippen molar-refractivity contribution < 1.29 is 14.2 Å². The maximum absolute atomic E-state index is 4.75. The van der Waals surface area contributed by atoms with E-state index in [1.54, 1.807) is 21.3 Å². The molecular weight excluding hydrogens is 785 g/mol. The van der Waals surface area contributed by atoms with E-state index in [1.165, 1.54) is 0 Å². The molecule has 0 N–H and O–H groups in total. The molecule has 0 amide bonds. The van der Waals surface area contributed by atoms with Crippen LogP contribution in [0.3, 0.4) is 0 Å². The maximum Gasteiger partial charge on any atom is 0.0515 e. The Balaban J connectivity index is -0.0000000120. The summed E-state index contributed by atoms with van der Waals surface area (Å²) in [7, 11) is 5.10. The molecule has 0 radical (unpaired) electrons. The van der Waals surface area contributed by atoms with Gasteiger partial charge in [-0.3, -0.25) is 0 Å². The Morgan fingerprint density at radius 3 is 0.230 bits per heavy atom. The number of thioether (sulfide) groups is 2.